The van der Waals surface area contributed by atoms with E-state index in [0.29, 0.717) is 11.4 Å². The van der Waals surface area contributed by atoms with Crippen LogP contribution in [0.25, 0.3) is 0 Å². The Morgan fingerprint density at radius 2 is 1.48 bits per heavy atom. The summed E-state index contributed by atoms with van der Waals surface area (Å²) in [6, 6.07) is 19.7. The Labute approximate surface area is 184 Å². The van der Waals surface area contributed by atoms with Crippen LogP contribution in [0.5, 0.6) is 0 Å². The Bertz CT molecular complexity index is 1170. The molecular formula is C25H28N2O3S. The Hall–Kier alpha value is -3.12. The third-order valence-corrected chi connectivity index (χ3v) is 6.94. The first-order valence-electron chi connectivity index (χ1n) is 10.3. The van der Waals surface area contributed by atoms with Crippen molar-refractivity contribution in [3.05, 3.63) is 89.0 Å². The first-order chi connectivity index (χ1) is 14.7. The third-order valence-electron chi connectivity index (χ3n) is 5.16. The molecule has 3 aromatic carbocycles. The van der Waals surface area contributed by atoms with Crippen LogP contribution >= 0.6 is 0 Å². The summed E-state index contributed by atoms with van der Waals surface area (Å²) in [5, 5.41) is 2.81. The number of hydrogen-bond donors (Lipinski definition) is 1. The van der Waals surface area contributed by atoms with Crippen LogP contribution in [0, 0.1) is 20.8 Å². The molecule has 1 N–H and O–H groups in total. The van der Waals surface area contributed by atoms with Crippen molar-refractivity contribution >= 4 is 27.3 Å². The maximum Gasteiger partial charge on any atom is 0.264 e. The van der Waals surface area contributed by atoms with Gasteiger partial charge in [0.2, 0.25) is 5.91 Å². The average Bonchev–Trinajstić information content (AvgIpc) is 2.73. The van der Waals surface area contributed by atoms with Crippen molar-refractivity contribution in [2.45, 2.75) is 39.0 Å². The Morgan fingerprint density at radius 1 is 0.871 bits per heavy atom. The lowest BCUT2D eigenvalue weighted by Crippen LogP contribution is -2.38. The fourth-order valence-corrected chi connectivity index (χ4v) is 4.86. The average molecular weight is 437 g/mol. The molecule has 0 bridgehead atoms. The van der Waals surface area contributed by atoms with E-state index >= 15 is 0 Å². The molecule has 5 nitrogen and oxygen atoms in total. The molecule has 0 aliphatic carbocycles. The zero-order valence-corrected chi connectivity index (χ0v) is 19.2. The van der Waals surface area contributed by atoms with Gasteiger partial charge in [-0.05, 0) is 68.7 Å². The van der Waals surface area contributed by atoms with Crippen LogP contribution < -0.4 is 9.62 Å². The van der Waals surface area contributed by atoms with Gasteiger partial charge < -0.3 is 5.32 Å². The summed E-state index contributed by atoms with van der Waals surface area (Å²) in [5.74, 6) is -0.403. The molecule has 0 spiro atoms. The number of hydrogen-bond acceptors (Lipinski definition) is 3. The van der Waals surface area contributed by atoms with E-state index in [9.17, 15) is 13.2 Å². The second-order valence-electron chi connectivity index (χ2n) is 7.71. The zero-order chi connectivity index (χ0) is 22.6. The van der Waals surface area contributed by atoms with Gasteiger partial charge in [0.25, 0.3) is 10.0 Å². The van der Waals surface area contributed by atoms with Gasteiger partial charge in [0.1, 0.15) is 6.54 Å². The Morgan fingerprint density at radius 3 is 2.06 bits per heavy atom. The standard InChI is InChI=1S/C25H28N2O3S/c1-5-21-9-11-22(12-10-21)26-25(28)17-27(24-15-8-19(3)16-20(24)4)31(29,30)23-13-6-18(2)7-14-23/h6-16H,5,17H2,1-4H3,(H,26,28). The van der Waals surface area contributed by atoms with Crippen molar-refractivity contribution < 1.29 is 13.2 Å². The van der Waals surface area contributed by atoms with Crippen LogP contribution in [0.15, 0.2) is 71.6 Å². The van der Waals surface area contributed by atoms with Crippen LogP contribution in [-0.4, -0.2) is 20.9 Å². The fourth-order valence-electron chi connectivity index (χ4n) is 3.38. The first-order valence-corrected chi connectivity index (χ1v) is 11.7. The second kappa shape index (κ2) is 9.35. The predicted molar refractivity (Wildman–Crippen MR) is 126 cm³/mol. The number of sulfonamides is 1. The quantitative estimate of drug-likeness (QED) is 0.566. The predicted octanol–water partition coefficient (Wildman–Crippen LogP) is 5.01. The minimum Gasteiger partial charge on any atom is -0.325 e. The monoisotopic (exact) mass is 436 g/mol. The highest BCUT2D eigenvalue weighted by Gasteiger charge is 2.28. The molecule has 0 unspecified atom stereocenters. The van der Waals surface area contributed by atoms with Crippen LogP contribution in [0.1, 0.15) is 29.2 Å². The van der Waals surface area contributed by atoms with Gasteiger partial charge in [0, 0.05) is 5.69 Å². The van der Waals surface area contributed by atoms with E-state index in [-0.39, 0.29) is 11.4 Å². The summed E-state index contributed by atoms with van der Waals surface area (Å²) in [7, 11) is -3.93. The van der Waals surface area contributed by atoms with E-state index in [1.807, 2.05) is 57.2 Å². The van der Waals surface area contributed by atoms with Crippen LogP contribution in [-0.2, 0) is 21.2 Å². The molecule has 31 heavy (non-hydrogen) atoms. The topological polar surface area (TPSA) is 66.5 Å². The van der Waals surface area contributed by atoms with Crippen molar-refractivity contribution in [3.8, 4) is 0 Å². The smallest absolute Gasteiger partial charge is 0.264 e. The molecule has 0 aliphatic heterocycles. The number of nitrogens with one attached hydrogen (secondary N) is 1. The molecule has 0 aliphatic rings. The number of anilines is 2. The van der Waals surface area contributed by atoms with E-state index in [2.05, 4.69) is 12.2 Å². The summed E-state index contributed by atoms with van der Waals surface area (Å²) in [6.45, 7) is 7.43. The first kappa shape index (κ1) is 22.6. The number of carbonyl (C=O) groups is 1. The largest absolute Gasteiger partial charge is 0.325 e. The van der Waals surface area contributed by atoms with Crippen molar-refractivity contribution in [1.82, 2.24) is 0 Å². The molecular weight excluding hydrogens is 408 g/mol. The molecule has 0 aromatic heterocycles. The normalized spacial score (nSPS) is 11.2. The summed E-state index contributed by atoms with van der Waals surface area (Å²) < 4.78 is 28.2. The van der Waals surface area contributed by atoms with Gasteiger partial charge >= 0.3 is 0 Å². The van der Waals surface area contributed by atoms with Crippen LogP contribution in [0.4, 0.5) is 11.4 Å². The maximum atomic E-state index is 13.5. The minimum atomic E-state index is -3.93. The Kier molecular flexibility index (Phi) is 6.81. The summed E-state index contributed by atoms with van der Waals surface area (Å²) in [4.78, 5) is 13.0. The number of amides is 1. The molecule has 0 saturated heterocycles. The molecule has 0 heterocycles. The van der Waals surface area contributed by atoms with Crippen molar-refractivity contribution in [3.63, 3.8) is 0 Å². The molecule has 162 valence electrons. The SMILES string of the molecule is CCc1ccc(NC(=O)CN(c2ccc(C)cc2C)S(=O)(=O)c2ccc(C)cc2)cc1. The van der Waals surface area contributed by atoms with Gasteiger partial charge in [0.05, 0.1) is 10.6 Å². The molecule has 0 fully saturated rings. The van der Waals surface area contributed by atoms with Crippen LogP contribution in [0.3, 0.4) is 0 Å². The van der Waals surface area contributed by atoms with Crippen molar-refractivity contribution in [2.24, 2.45) is 0 Å². The fraction of sp³-hybridized carbons (Fsp3) is 0.240. The van der Waals surface area contributed by atoms with E-state index < -0.39 is 15.9 Å². The molecule has 3 rings (SSSR count). The van der Waals surface area contributed by atoms with Gasteiger partial charge in [-0.2, -0.15) is 0 Å². The number of aryl methyl sites for hydroxylation is 4. The van der Waals surface area contributed by atoms with E-state index in [1.165, 1.54) is 4.31 Å². The van der Waals surface area contributed by atoms with E-state index in [0.717, 1.165) is 28.7 Å². The highest BCUT2D eigenvalue weighted by atomic mass is 32.2. The molecule has 0 saturated carbocycles. The summed E-state index contributed by atoms with van der Waals surface area (Å²) in [6.07, 6.45) is 0.906. The lowest BCUT2D eigenvalue weighted by atomic mass is 10.1. The summed E-state index contributed by atoms with van der Waals surface area (Å²) in [5.41, 5.74) is 5.06. The summed E-state index contributed by atoms with van der Waals surface area (Å²) >= 11 is 0. The van der Waals surface area contributed by atoms with Gasteiger partial charge in [-0.25, -0.2) is 8.42 Å². The van der Waals surface area contributed by atoms with E-state index in [1.54, 1.807) is 30.3 Å². The lowest BCUT2D eigenvalue weighted by Gasteiger charge is -2.26. The molecule has 1 amide bonds. The number of nitrogens with zero attached hydrogens (tertiary/aromatic N) is 1. The molecule has 0 atom stereocenters. The number of carbonyl (C=O) groups excluding carboxylic acids is 1. The highest BCUT2D eigenvalue weighted by molar-refractivity contribution is 7.92. The van der Waals surface area contributed by atoms with Gasteiger partial charge in [-0.1, -0.05) is 54.4 Å². The molecule has 0 radical (unpaired) electrons. The molecule has 3 aromatic rings. The van der Waals surface area contributed by atoms with Crippen LogP contribution in [0.2, 0.25) is 0 Å². The highest BCUT2D eigenvalue weighted by Crippen LogP contribution is 2.28. The van der Waals surface area contributed by atoms with Gasteiger partial charge in [-0.15, -0.1) is 0 Å². The zero-order valence-electron chi connectivity index (χ0n) is 18.3. The van der Waals surface area contributed by atoms with Gasteiger partial charge in [-0.3, -0.25) is 9.10 Å². The lowest BCUT2D eigenvalue weighted by molar-refractivity contribution is -0.114. The minimum absolute atomic E-state index is 0.151. The Balaban J connectivity index is 1.95. The number of benzene rings is 3. The third kappa shape index (κ3) is 5.33. The molecule has 6 heteroatoms. The van der Waals surface area contributed by atoms with Crippen molar-refractivity contribution in [1.29, 1.82) is 0 Å². The van der Waals surface area contributed by atoms with E-state index in [4.69, 9.17) is 0 Å². The van der Waals surface area contributed by atoms with Crippen molar-refractivity contribution in [2.75, 3.05) is 16.2 Å². The number of rotatable bonds is 7. The maximum absolute atomic E-state index is 13.5. The second-order valence-corrected chi connectivity index (χ2v) is 9.58. The van der Waals surface area contributed by atoms with Gasteiger partial charge in [0.15, 0.2) is 0 Å².